The molecule has 1 fully saturated rings. The predicted molar refractivity (Wildman–Crippen MR) is 64.1 cm³/mol. The van der Waals surface area contributed by atoms with Crippen molar-refractivity contribution in [1.29, 1.82) is 0 Å². The molecule has 1 heterocycles. The van der Waals surface area contributed by atoms with Crippen molar-refractivity contribution < 1.29 is 39.9 Å². The number of nitrogens with one attached hydrogen (secondary N) is 1. The number of amides is 1. The summed E-state index contributed by atoms with van der Waals surface area (Å²) >= 11 is 0. The van der Waals surface area contributed by atoms with Gasteiger partial charge in [-0.25, -0.2) is 0 Å². The first-order valence-electron chi connectivity index (χ1n) is 6.25. The summed E-state index contributed by atoms with van der Waals surface area (Å²) in [6, 6.07) is -1.24. The number of carbonyl (C=O) groups is 2. The van der Waals surface area contributed by atoms with Crippen molar-refractivity contribution in [1.82, 2.24) is 5.32 Å². The van der Waals surface area contributed by atoms with E-state index in [2.05, 4.69) is 5.32 Å². The van der Waals surface area contributed by atoms with Crippen molar-refractivity contribution in [3.05, 3.63) is 0 Å². The summed E-state index contributed by atoms with van der Waals surface area (Å²) in [5.74, 6) is -5.45. The van der Waals surface area contributed by atoms with E-state index in [4.69, 9.17) is 10.5 Å². The van der Waals surface area contributed by atoms with Gasteiger partial charge in [-0.3, -0.25) is 4.79 Å². The molecule has 21 heavy (non-hydrogen) atoms. The van der Waals surface area contributed by atoms with Crippen LogP contribution in [0.15, 0.2) is 0 Å². The van der Waals surface area contributed by atoms with Gasteiger partial charge in [0.1, 0.15) is 18.2 Å². The molecule has 0 aromatic carbocycles. The Morgan fingerprint density at radius 2 is 2.10 bits per heavy atom. The minimum atomic E-state index is -2.85. The molecule has 1 aliphatic rings. The van der Waals surface area contributed by atoms with Gasteiger partial charge in [-0.05, 0) is 0 Å². The number of aliphatic hydroxyl groups excluding tert-OH is 3. The Hall–Kier alpha value is -1.30. The molecule has 7 N–H and O–H groups in total. The molecule has 0 saturated carbocycles. The van der Waals surface area contributed by atoms with Gasteiger partial charge in [0.15, 0.2) is 0 Å². The SMILES string of the molecule is CC(=O)NC1C(O)CC(O)(C(=O)[O-])OC1[C@H](O)[C@H](O)CN. The average molecular weight is 307 g/mol. The quantitative estimate of drug-likeness (QED) is 0.288. The summed E-state index contributed by atoms with van der Waals surface area (Å²) in [7, 11) is 0. The molecule has 0 bridgehead atoms. The number of hydrogen-bond acceptors (Lipinski definition) is 9. The fraction of sp³-hybridized carbons (Fsp3) is 0.818. The lowest BCUT2D eigenvalue weighted by Crippen LogP contribution is -2.69. The van der Waals surface area contributed by atoms with Gasteiger partial charge in [0, 0.05) is 19.9 Å². The van der Waals surface area contributed by atoms with Crippen molar-refractivity contribution in [2.24, 2.45) is 5.73 Å². The highest BCUT2D eigenvalue weighted by Crippen LogP contribution is 2.29. The molecule has 10 nitrogen and oxygen atoms in total. The number of nitrogens with two attached hydrogens (primary N) is 1. The maximum atomic E-state index is 11.1. The number of carboxylic acids is 1. The van der Waals surface area contributed by atoms with Crippen molar-refractivity contribution in [2.45, 2.75) is 49.6 Å². The Morgan fingerprint density at radius 3 is 2.52 bits per heavy atom. The van der Waals surface area contributed by atoms with Crippen LogP contribution in [0.25, 0.3) is 0 Å². The molecule has 0 radical (unpaired) electrons. The number of ether oxygens (including phenoxy) is 1. The molecule has 0 aromatic rings. The van der Waals surface area contributed by atoms with E-state index in [9.17, 15) is 35.1 Å². The minimum absolute atomic E-state index is 0.381. The van der Waals surface area contributed by atoms with E-state index in [1.165, 1.54) is 0 Å². The second-order valence-corrected chi connectivity index (χ2v) is 4.95. The summed E-state index contributed by atoms with van der Waals surface area (Å²) in [6.45, 7) is 0.753. The molecule has 1 saturated heterocycles. The smallest absolute Gasteiger partial charge is 0.217 e. The Morgan fingerprint density at radius 1 is 1.52 bits per heavy atom. The lowest BCUT2D eigenvalue weighted by atomic mass is 9.88. The monoisotopic (exact) mass is 307 g/mol. The highest BCUT2D eigenvalue weighted by molar-refractivity contribution is 5.74. The van der Waals surface area contributed by atoms with E-state index in [1.807, 2.05) is 0 Å². The van der Waals surface area contributed by atoms with Crippen LogP contribution in [-0.2, 0) is 14.3 Å². The Balaban J connectivity index is 3.07. The molecule has 6 atom stereocenters. The molecule has 1 aliphatic heterocycles. The summed E-state index contributed by atoms with van der Waals surface area (Å²) in [4.78, 5) is 22.0. The summed E-state index contributed by atoms with van der Waals surface area (Å²) < 4.78 is 4.86. The van der Waals surface area contributed by atoms with Gasteiger partial charge in [0.05, 0.1) is 18.2 Å². The molecule has 10 heteroatoms. The van der Waals surface area contributed by atoms with E-state index in [1.54, 1.807) is 0 Å². The first-order valence-corrected chi connectivity index (χ1v) is 6.25. The van der Waals surface area contributed by atoms with E-state index in [0.717, 1.165) is 6.92 Å². The number of aliphatic hydroxyl groups is 4. The first kappa shape index (κ1) is 17.8. The number of hydrogen-bond donors (Lipinski definition) is 6. The van der Waals surface area contributed by atoms with Crippen LogP contribution in [-0.4, -0.2) is 75.1 Å². The molecule has 1 rings (SSSR count). The normalized spacial score (nSPS) is 35.8. The van der Waals surface area contributed by atoms with E-state index in [0.29, 0.717) is 0 Å². The third-order valence-corrected chi connectivity index (χ3v) is 3.25. The zero-order valence-corrected chi connectivity index (χ0v) is 11.3. The van der Waals surface area contributed by atoms with Crippen LogP contribution in [0, 0.1) is 0 Å². The van der Waals surface area contributed by atoms with Gasteiger partial charge in [-0.2, -0.15) is 0 Å². The Kier molecular flexibility index (Phi) is 5.61. The zero-order chi connectivity index (χ0) is 16.4. The lowest BCUT2D eigenvalue weighted by molar-refractivity contribution is -0.373. The molecule has 0 spiro atoms. The van der Waals surface area contributed by atoms with Crippen molar-refractivity contribution in [3.63, 3.8) is 0 Å². The maximum absolute atomic E-state index is 11.1. The largest absolute Gasteiger partial charge is 0.544 e. The van der Waals surface area contributed by atoms with Crippen LogP contribution in [0.3, 0.4) is 0 Å². The Bertz CT molecular complexity index is 406. The molecular formula is C11H19N2O8-. The van der Waals surface area contributed by atoms with Crippen LogP contribution >= 0.6 is 0 Å². The highest BCUT2D eigenvalue weighted by atomic mass is 16.7. The van der Waals surface area contributed by atoms with Gasteiger partial charge >= 0.3 is 0 Å². The van der Waals surface area contributed by atoms with Gasteiger partial charge in [0.2, 0.25) is 11.7 Å². The summed E-state index contributed by atoms with van der Waals surface area (Å²) in [5.41, 5.74) is 5.18. The number of aliphatic carboxylic acids is 1. The summed E-state index contributed by atoms with van der Waals surface area (Å²) in [5, 5.41) is 52.3. The second-order valence-electron chi connectivity index (χ2n) is 4.95. The minimum Gasteiger partial charge on any atom is -0.544 e. The van der Waals surface area contributed by atoms with E-state index >= 15 is 0 Å². The van der Waals surface area contributed by atoms with E-state index < -0.39 is 54.5 Å². The molecule has 0 aromatic heterocycles. The van der Waals surface area contributed by atoms with Gasteiger partial charge in [-0.15, -0.1) is 0 Å². The van der Waals surface area contributed by atoms with Crippen LogP contribution in [0.5, 0.6) is 0 Å². The zero-order valence-electron chi connectivity index (χ0n) is 11.3. The fourth-order valence-electron chi connectivity index (χ4n) is 2.16. The van der Waals surface area contributed by atoms with Crippen LogP contribution in [0.2, 0.25) is 0 Å². The second kappa shape index (κ2) is 6.64. The third-order valence-electron chi connectivity index (χ3n) is 3.25. The highest BCUT2D eigenvalue weighted by Gasteiger charge is 2.50. The predicted octanol–water partition coefficient (Wildman–Crippen LogP) is -5.24. The van der Waals surface area contributed by atoms with Crippen molar-refractivity contribution in [2.75, 3.05) is 6.54 Å². The molecule has 122 valence electrons. The molecule has 0 aliphatic carbocycles. The number of rotatable bonds is 5. The number of carboxylic acid groups (broad SMARTS) is 1. The molecular weight excluding hydrogens is 288 g/mol. The van der Waals surface area contributed by atoms with Crippen LogP contribution in [0.1, 0.15) is 13.3 Å². The Labute approximate surface area is 120 Å². The standard InChI is InChI=1S/C11H20N2O8/c1-4(14)13-7-5(15)2-11(20,10(18)19)21-9(7)8(17)6(16)3-12/h5-9,15-17,20H,2-3,12H2,1H3,(H,13,14)(H,18,19)/p-1/t5?,6-,7?,8-,9?,11?/m1/s1. The van der Waals surface area contributed by atoms with Crippen LogP contribution in [0.4, 0.5) is 0 Å². The topological polar surface area (TPSA) is 185 Å². The van der Waals surface area contributed by atoms with E-state index in [-0.39, 0.29) is 6.54 Å². The van der Waals surface area contributed by atoms with Crippen molar-refractivity contribution in [3.8, 4) is 0 Å². The molecule has 4 unspecified atom stereocenters. The summed E-state index contributed by atoms with van der Waals surface area (Å²) in [6.07, 6.45) is -7.17. The molecule has 1 amide bonds. The average Bonchev–Trinajstić information content (AvgIpc) is 2.39. The van der Waals surface area contributed by atoms with Gasteiger partial charge in [0.25, 0.3) is 0 Å². The first-order chi connectivity index (χ1) is 9.62. The van der Waals surface area contributed by atoms with Gasteiger partial charge < -0.3 is 46.1 Å². The van der Waals surface area contributed by atoms with Crippen molar-refractivity contribution >= 4 is 11.9 Å². The van der Waals surface area contributed by atoms with Crippen LogP contribution < -0.4 is 16.2 Å². The third kappa shape index (κ3) is 3.87. The fourth-order valence-corrected chi connectivity index (χ4v) is 2.16. The maximum Gasteiger partial charge on any atom is 0.217 e. The van der Waals surface area contributed by atoms with Gasteiger partial charge in [-0.1, -0.05) is 0 Å². The lowest BCUT2D eigenvalue weighted by Gasteiger charge is -2.46. The number of carbonyl (C=O) groups excluding carboxylic acids is 2.